The second-order valence-electron chi connectivity index (χ2n) is 14.5. The van der Waals surface area contributed by atoms with E-state index in [-0.39, 0.29) is 35.7 Å². The minimum atomic E-state index is -0.0977. The number of aliphatic hydroxyl groups is 1. The lowest BCUT2D eigenvalue weighted by Crippen LogP contribution is -2.14. The maximum atomic E-state index is 10.2. The highest BCUT2D eigenvalue weighted by Gasteiger charge is 2.25. The predicted molar refractivity (Wildman–Crippen MR) is 196 cm³/mol. The molecule has 0 fully saturated rings. The smallest absolute Gasteiger partial charge is 0.119 e. The molecule has 5 rings (SSSR count). The predicted octanol–water partition coefficient (Wildman–Crippen LogP) is 10.7. The Bertz CT molecular complexity index is 1820. The lowest BCUT2D eigenvalue weighted by atomic mass is 9.77. The molecule has 5 aromatic rings. The fourth-order valence-corrected chi connectivity index (χ4v) is 6.17. The van der Waals surface area contributed by atoms with E-state index in [1.165, 1.54) is 44.5 Å². The van der Waals surface area contributed by atoms with Gasteiger partial charge in [-0.25, -0.2) is 0 Å². The Morgan fingerprint density at radius 1 is 0.702 bits per heavy atom. The van der Waals surface area contributed by atoms with E-state index in [0.29, 0.717) is 0 Å². The fraction of sp³-hybridized carbons (Fsp3) is 0.273. The van der Waals surface area contributed by atoms with Crippen LogP contribution in [0.25, 0.3) is 16.7 Å². The number of allylic oxidation sites excluding steroid dienone is 1. The van der Waals surface area contributed by atoms with E-state index in [2.05, 4.69) is 133 Å². The largest absolute Gasteiger partial charge is 0.508 e. The molecule has 2 N–H and O–H groups in total. The van der Waals surface area contributed by atoms with Crippen molar-refractivity contribution in [3.8, 4) is 22.6 Å². The summed E-state index contributed by atoms with van der Waals surface area (Å²) in [6, 6.07) is 40.1. The van der Waals surface area contributed by atoms with Crippen molar-refractivity contribution in [1.82, 2.24) is 0 Å². The van der Waals surface area contributed by atoms with Crippen LogP contribution in [0.3, 0.4) is 0 Å². The zero-order chi connectivity index (χ0) is 33.8. The first-order valence-corrected chi connectivity index (χ1v) is 16.5. The lowest BCUT2D eigenvalue weighted by molar-refractivity contribution is 0.201. The number of hydrogen-bond donors (Lipinski definition) is 2. The van der Waals surface area contributed by atoms with Crippen LogP contribution in [-0.4, -0.2) is 23.4 Å². The van der Waals surface area contributed by atoms with Gasteiger partial charge in [0.2, 0.25) is 0 Å². The van der Waals surface area contributed by atoms with E-state index in [1.807, 2.05) is 24.3 Å². The van der Waals surface area contributed by atoms with Crippen LogP contribution in [0.5, 0.6) is 11.5 Å². The Kier molecular flexibility index (Phi) is 10.1. The van der Waals surface area contributed by atoms with Gasteiger partial charge in [0.25, 0.3) is 0 Å². The van der Waals surface area contributed by atoms with Crippen molar-refractivity contribution in [3.63, 3.8) is 0 Å². The summed E-state index contributed by atoms with van der Waals surface area (Å²) in [6.45, 7) is 15.9. The number of phenols is 1. The molecule has 0 spiro atoms. The summed E-state index contributed by atoms with van der Waals surface area (Å²) in [6.07, 6.45) is 2.37. The summed E-state index contributed by atoms with van der Waals surface area (Å²) in [5.74, 6) is 0.868. The number of benzene rings is 5. The average Bonchev–Trinajstić information content (AvgIpc) is 3.04. The number of aryl methyl sites for hydroxylation is 1. The highest BCUT2D eigenvalue weighted by atomic mass is 16.5. The molecular formula is C44H48O3. The standard InChI is InChI=1S/C44H48O3/c1-30-27-34(41(29-43(2,3)4)31-11-9-8-10-12-31)17-23-38(30)39-24-18-35(44(5,6)7)28-40(39)42(32-13-19-36(46)20-14-32)33-15-21-37(22-16-33)47-26-25-45/h8-24,27-29,42,45-46H,25-26H2,1-7H3. The third-order valence-electron chi connectivity index (χ3n) is 8.52. The zero-order valence-corrected chi connectivity index (χ0v) is 28.8. The normalized spacial score (nSPS) is 13.0. The first-order chi connectivity index (χ1) is 22.3. The van der Waals surface area contributed by atoms with Gasteiger partial charge in [-0.3, -0.25) is 0 Å². The molecule has 0 saturated carbocycles. The van der Waals surface area contributed by atoms with Crippen LogP contribution >= 0.6 is 0 Å². The van der Waals surface area contributed by atoms with Gasteiger partial charge in [0.1, 0.15) is 18.1 Å². The number of aliphatic hydroxyl groups excluding tert-OH is 1. The summed E-state index contributed by atoms with van der Waals surface area (Å²) < 4.78 is 5.69. The Morgan fingerprint density at radius 2 is 1.32 bits per heavy atom. The highest BCUT2D eigenvalue weighted by Crippen LogP contribution is 2.42. The Hall–Kier alpha value is -4.60. The topological polar surface area (TPSA) is 49.7 Å². The molecule has 1 unspecified atom stereocenters. The van der Waals surface area contributed by atoms with E-state index in [1.54, 1.807) is 12.1 Å². The third kappa shape index (κ3) is 8.22. The van der Waals surface area contributed by atoms with Crippen LogP contribution < -0.4 is 4.74 Å². The van der Waals surface area contributed by atoms with Crippen LogP contribution in [0.4, 0.5) is 0 Å². The van der Waals surface area contributed by atoms with Crippen molar-refractivity contribution in [2.24, 2.45) is 5.41 Å². The second kappa shape index (κ2) is 14.0. The maximum absolute atomic E-state index is 10.2. The molecule has 1 atom stereocenters. The fourth-order valence-electron chi connectivity index (χ4n) is 6.17. The van der Waals surface area contributed by atoms with Gasteiger partial charge in [0.05, 0.1) is 6.61 Å². The van der Waals surface area contributed by atoms with Gasteiger partial charge in [-0.2, -0.15) is 0 Å². The van der Waals surface area contributed by atoms with Crippen molar-refractivity contribution in [3.05, 3.63) is 160 Å². The lowest BCUT2D eigenvalue weighted by Gasteiger charge is -2.27. The van der Waals surface area contributed by atoms with Crippen molar-refractivity contribution in [2.45, 2.75) is 59.8 Å². The highest BCUT2D eigenvalue weighted by molar-refractivity contribution is 5.83. The monoisotopic (exact) mass is 624 g/mol. The van der Waals surface area contributed by atoms with E-state index in [4.69, 9.17) is 4.74 Å². The first kappa shape index (κ1) is 33.8. The van der Waals surface area contributed by atoms with Crippen LogP contribution in [-0.2, 0) is 5.41 Å². The Morgan fingerprint density at radius 3 is 1.89 bits per heavy atom. The molecule has 0 heterocycles. The number of rotatable bonds is 9. The van der Waals surface area contributed by atoms with Gasteiger partial charge < -0.3 is 14.9 Å². The minimum absolute atomic E-state index is 0.0176. The van der Waals surface area contributed by atoms with Crippen LogP contribution in [0.2, 0.25) is 0 Å². The number of ether oxygens (including phenoxy) is 1. The first-order valence-electron chi connectivity index (χ1n) is 16.5. The van der Waals surface area contributed by atoms with Crippen LogP contribution in [0, 0.1) is 12.3 Å². The second-order valence-corrected chi connectivity index (χ2v) is 14.5. The molecule has 0 aliphatic carbocycles. The van der Waals surface area contributed by atoms with Crippen molar-refractivity contribution >= 4 is 5.57 Å². The van der Waals surface area contributed by atoms with Gasteiger partial charge in [-0.05, 0) is 97.7 Å². The number of hydrogen-bond acceptors (Lipinski definition) is 3. The molecule has 0 bridgehead atoms. The van der Waals surface area contributed by atoms with Gasteiger partial charge in [0.15, 0.2) is 0 Å². The molecular weight excluding hydrogens is 576 g/mol. The van der Waals surface area contributed by atoms with Crippen molar-refractivity contribution < 1.29 is 14.9 Å². The molecule has 0 aliphatic rings. The summed E-state index contributed by atoms with van der Waals surface area (Å²) in [7, 11) is 0. The van der Waals surface area contributed by atoms with E-state index in [9.17, 15) is 10.2 Å². The molecule has 242 valence electrons. The molecule has 0 saturated heterocycles. The van der Waals surface area contributed by atoms with Gasteiger partial charge in [0, 0.05) is 5.92 Å². The minimum Gasteiger partial charge on any atom is -0.508 e. The Balaban J connectivity index is 1.70. The summed E-state index contributed by atoms with van der Waals surface area (Å²) in [5.41, 5.74) is 11.9. The van der Waals surface area contributed by atoms with E-state index in [0.717, 1.165) is 16.9 Å². The van der Waals surface area contributed by atoms with Crippen molar-refractivity contribution in [2.75, 3.05) is 13.2 Å². The zero-order valence-electron chi connectivity index (χ0n) is 28.8. The van der Waals surface area contributed by atoms with E-state index < -0.39 is 0 Å². The molecule has 5 aromatic carbocycles. The molecule has 47 heavy (non-hydrogen) atoms. The SMILES string of the molecule is Cc1cc(C(=CC(C)(C)C)c2ccccc2)ccc1-c1ccc(C(C)(C)C)cc1C(c1ccc(O)cc1)c1ccc(OCCO)cc1. The van der Waals surface area contributed by atoms with Crippen molar-refractivity contribution in [1.29, 1.82) is 0 Å². The average molecular weight is 625 g/mol. The Labute approximate surface area is 281 Å². The van der Waals surface area contributed by atoms with Gasteiger partial charge in [-0.1, -0.05) is 139 Å². The van der Waals surface area contributed by atoms with Crippen LogP contribution in [0.15, 0.2) is 121 Å². The third-order valence-corrected chi connectivity index (χ3v) is 8.52. The van der Waals surface area contributed by atoms with Gasteiger partial charge in [-0.15, -0.1) is 0 Å². The van der Waals surface area contributed by atoms with Crippen LogP contribution in [0.1, 0.15) is 86.4 Å². The summed E-state index contributed by atoms with van der Waals surface area (Å²) in [5, 5.41) is 19.4. The van der Waals surface area contributed by atoms with E-state index >= 15 is 0 Å². The molecule has 3 nitrogen and oxygen atoms in total. The summed E-state index contributed by atoms with van der Waals surface area (Å²) >= 11 is 0. The molecule has 3 heteroatoms. The number of phenolic OH excluding ortho intramolecular Hbond substituents is 1. The molecule has 0 aliphatic heterocycles. The quantitative estimate of drug-likeness (QED) is 0.160. The molecule has 0 aromatic heterocycles. The maximum Gasteiger partial charge on any atom is 0.119 e. The van der Waals surface area contributed by atoms with Gasteiger partial charge >= 0.3 is 0 Å². The summed E-state index contributed by atoms with van der Waals surface area (Å²) in [4.78, 5) is 0. The number of aromatic hydroxyl groups is 1. The molecule has 0 radical (unpaired) electrons. The molecule has 0 amide bonds.